The highest BCUT2D eigenvalue weighted by atomic mass is 127. The second-order valence-corrected chi connectivity index (χ2v) is 8.75. The van der Waals surface area contributed by atoms with Crippen LogP contribution in [-0.4, -0.2) is 56.4 Å². The third kappa shape index (κ3) is 6.39. The van der Waals surface area contributed by atoms with Gasteiger partial charge in [-0.1, -0.05) is 6.07 Å². The van der Waals surface area contributed by atoms with Crippen molar-refractivity contribution in [2.75, 3.05) is 50.5 Å². The van der Waals surface area contributed by atoms with E-state index in [1.54, 1.807) is 13.1 Å². The minimum Gasteiger partial charge on any atom is -0.378 e. The molecule has 3 rings (SSSR count). The normalized spacial score (nSPS) is 23.1. The Morgan fingerprint density at radius 3 is 2.74 bits per heavy atom. The van der Waals surface area contributed by atoms with Crippen molar-refractivity contribution in [3.05, 3.63) is 29.6 Å². The number of benzene rings is 1. The van der Waals surface area contributed by atoms with Crippen LogP contribution < -0.4 is 15.5 Å². The summed E-state index contributed by atoms with van der Waals surface area (Å²) in [5.74, 6) is 1.82. The summed E-state index contributed by atoms with van der Waals surface area (Å²) >= 11 is 2.02. The van der Waals surface area contributed by atoms with Gasteiger partial charge in [0.25, 0.3) is 0 Å². The van der Waals surface area contributed by atoms with Gasteiger partial charge in [0, 0.05) is 38.0 Å². The highest BCUT2D eigenvalue weighted by molar-refractivity contribution is 14.0. The van der Waals surface area contributed by atoms with Crippen LogP contribution in [0.1, 0.15) is 25.3 Å². The first kappa shape index (κ1) is 22.5. The lowest BCUT2D eigenvalue weighted by molar-refractivity contribution is 0.122. The Labute approximate surface area is 182 Å². The average Bonchev–Trinajstić information content (AvgIpc) is 3.09. The van der Waals surface area contributed by atoms with E-state index in [2.05, 4.69) is 22.5 Å². The Kier molecular flexibility index (Phi) is 8.94. The topological polar surface area (TPSA) is 48.9 Å². The quantitative estimate of drug-likeness (QED) is 0.364. The first-order valence-corrected chi connectivity index (χ1v) is 10.3. The first-order valence-electron chi connectivity index (χ1n) is 9.29. The number of anilines is 1. The molecule has 2 aliphatic rings. The summed E-state index contributed by atoms with van der Waals surface area (Å²) in [7, 11) is 1.77. The second kappa shape index (κ2) is 10.7. The van der Waals surface area contributed by atoms with Crippen LogP contribution in [0.2, 0.25) is 0 Å². The number of morpholine rings is 1. The predicted molar refractivity (Wildman–Crippen MR) is 123 cm³/mol. The smallest absolute Gasteiger partial charge is 0.191 e. The van der Waals surface area contributed by atoms with Crippen molar-refractivity contribution in [3.63, 3.8) is 0 Å². The molecule has 1 aromatic rings. The predicted octanol–water partition coefficient (Wildman–Crippen LogP) is 3.23. The van der Waals surface area contributed by atoms with Crippen molar-refractivity contribution < 1.29 is 9.13 Å². The van der Waals surface area contributed by atoms with Gasteiger partial charge in [-0.05, 0) is 43.2 Å². The minimum absolute atomic E-state index is 0. The van der Waals surface area contributed by atoms with Crippen molar-refractivity contribution in [2.24, 2.45) is 4.99 Å². The van der Waals surface area contributed by atoms with Crippen molar-refractivity contribution >= 4 is 47.4 Å². The van der Waals surface area contributed by atoms with Crippen LogP contribution in [0.4, 0.5) is 10.1 Å². The average molecular weight is 508 g/mol. The van der Waals surface area contributed by atoms with E-state index >= 15 is 0 Å². The molecule has 0 aromatic heterocycles. The molecule has 8 heteroatoms. The number of aliphatic imine (C=N–C) groups is 1. The molecule has 2 N–H and O–H groups in total. The number of ether oxygens (including phenoxy) is 1. The standard InChI is InChI=1S/C19H29FN4OS.HI/c1-19(6-3-11-26-19)14-23-18(21-2)22-13-15-4-5-17(16(20)12-15)24-7-9-25-10-8-24;/h4-5,12H,3,6-11,13-14H2,1-2H3,(H2,21,22,23);1H. The van der Waals surface area contributed by atoms with E-state index in [1.165, 1.54) is 18.6 Å². The minimum atomic E-state index is -0.177. The van der Waals surface area contributed by atoms with Crippen molar-refractivity contribution in [3.8, 4) is 0 Å². The highest BCUT2D eigenvalue weighted by Gasteiger charge is 2.29. The van der Waals surface area contributed by atoms with Crippen LogP contribution in [0.25, 0.3) is 0 Å². The van der Waals surface area contributed by atoms with Crippen LogP contribution in [-0.2, 0) is 11.3 Å². The molecule has 152 valence electrons. The molecule has 2 saturated heterocycles. The molecule has 1 aromatic carbocycles. The highest BCUT2D eigenvalue weighted by Crippen LogP contribution is 2.36. The van der Waals surface area contributed by atoms with Crippen LogP contribution >= 0.6 is 35.7 Å². The molecule has 5 nitrogen and oxygen atoms in total. The fourth-order valence-corrected chi connectivity index (χ4v) is 4.62. The van der Waals surface area contributed by atoms with Gasteiger partial charge in [-0.2, -0.15) is 11.8 Å². The lowest BCUT2D eigenvalue weighted by Crippen LogP contribution is -2.43. The number of hydrogen-bond acceptors (Lipinski definition) is 4. The number of halogens is 2. The fraction of sp³-hybridized carbons (Fsp3) is 0.632. The Bertz CT molecular complexity index is 634. The van der Waals surface area contributed by atoms with E-state index in [-0.39, 0.29) is 34.5 Å². The number of guanidine groups is 1. The molecule has 0 amide bonds. The fourth-order valence-electron chi connectivity index (χ4n) is 3.37. The summed E-state index contributed by atoms with van der Waals surface area (Å²) in [4.78, 5) is 6.32. The largest absolute Gasteiger partial charge is 0.378 e. The van der Waals surface area contributed by atoms with Gasteiger partial charge in [-0.15, -0.1) is 24.0 Å². The van der Waals surface area contributed by atoms with E-state index in [4.69, 9.17) is 4.74 Å². The van der Waals surface area contributed by atoms with Gasteiger partial charge in [0.2, 0.25) is 0 Å². The van der Waals surface area contributed by atoms with Crippen LogP contribution in [0.5, 0.6) is 0 Å². The van der Waals surface area contributed by atoms with Crippen molar-refractivity contribution in [2.45, 2.75) is 31.1 Å². The number of nitrogens with zero attached hydrogens (tertiary/aromatic N) is 2. The number of thioether (sulfide) groups is 1. The van der Waals surface area contributed by atoms with Crippen molar-refractivity contribution in [1.82, 2.24) is 10.6 Å². The molecule has 1 unspecified atom stereocenters. The van der Waals surface area contributed by atoms with Crippen LogP contribution in [0.15, 0.2) is 23.2 Å². The van der Waals surface area contributed by atoms with Gasteiger partial charge >= 0.3 is 0 Å². The molecule has 0 radical (unpaired) electrons. The molecule has 2 heterocycles. The van der Waals surface area contributed by atoms with E-state index in [9.17, 15) is 4.39 Å². The van der Waals surface area contributed by atoms with E-state index < -0.39 is 0 Å². The molecule has 2 fully saturated rings. The molecule has 0 saturated carbocycles. The molecule has 0 bridgehead atoms. The number of nitrogens with one attached hydrogen (secondary N) is 2. The Morgan fingerprint density at radius 2 is 2.11 bits per heavy atom. The maximum absolute atomic E-state index is 14.5. The molecular formula is C19H30FIN4OS. The van der Waals surface area contributed by atoms with E-state index in [1.807, 2.05) is 28.8 Å². The zero-order valence-corrected chi connectivity index (χ0v) is 19.2. The molecule has 0 aliphatic carbocycles. The first-order chi connectivity index (χ1) is 12.6. The zero-order valence-electron chi connectivity index (χ0n) is 16.1. The summed E-state index contributed by atoms with van der Waals surface area (Å²) in [6.45, 7) is 6.52. The van der Waals surface area contributed by atoms with Gasteiger partial charge in [0.05, 0.1) is 18.9 Å². The summed E-state index contributed by atoms with van der Waals surface area (Å²) in [6, 6.07) is 5.45. The number of rotatable bonds is 5. The molecule has 27 heavy (non-hydrogen) atoms. The maximum atomic E-state index is 14.5. The lowest BCUT2D eigenvalue weighted by Gasteiger charge is -2.29. The second-order valence-electron chi connectivity index (χ2n) is 7.07. The third-order valence-corrected chi connectivity index (χ3v) is 6.52. The summed E-state index contributed by atoms with van der Waals surface area (Å²) in [5.41, 5.74) is 1.56. The van der Waals surface area contributed by atoms with Crippen molar-refractivity contribution in [1.29, 1.82) is 0 Å². The molecule has 2 aliphatic heterocycles. The van der Waals surface area contributed by atoms with Gasteiger partial charge in [0.15, 0.2) is 5.96 Å². The Morgan fingerprint density at radius 1 is 1.33 bits per heavy atom. The van der Waals surface area contributed by atoms with Crippen LogP contribution in [0.3, 0.4) is 0 Å². The molecule has 1 atom stereocenters. The SMILES string of the molecule is CN=C(NCc1ccc(N2CCOCC2)c(F)c1)NCC1(C)CCCS1.I. The van der Waals surface area contributed by atoms with Gasteiger partial charge < -0.3 is 20.3 Å². The van der Waals surface area contributed by atoms with Gasteiger partial charge in [-0.25, -0.2) is 4.39 Å². The summed E-state index contributed by atoms with van der Waals surface area (Å²) in [5, 5.41) is 6.68. The monoisotopic (exact) mass is 508 g/mol. The summed E-state index contributed by atoms with van der Waals surface area (Å²) in [6.07, 6.45) is 2.51. The van der Waals surface area contributed by atoms with E-state index in [0.717, 1.165) is 31.2 Å². The molecule has 0 spiro atoms. The Hall–Kier alpha value is -0.740. The lowest BCUT2D eigenvalue weighted by atomic mass is 10.1. The molecular weight excluding hydrogens is 478 g/mol. The Balaban J connectivity index is 0.00000261. The number of hydrogen-bond donors (Lipinski definition) is 2. The van der Waals surface area contributed by atoms with E-state index in [0.29, 0.717) is 25.4 Å². The zero-order chi connectivity index (χ0) is 18.4. The van der Waals surface area contributed by atoms with Crippen LogP contribution in [0, 0.1) is 5.82 Å². The third-order valence-electron chi connectivity index (χ3n) is 4.98. The van der Waals surface area contributed by atoms with Gasteiger partial charge in [0.1, 0.15) is 5.82 Å². The summed E-state index contributed by atoms with van der Waals surface area (Å²) < 4.78 is 20.1. The van der Waals surface area contributed by atoms with Gasteiger partial charge in [-0.3, -0.25) is 4.99 Å². The maximum Gasteiger partial charge on any atom is 0.191 e.